The van der Waals surface area contributed by atoms with Crippen molar-refractivity contribution in [2.45, 2.75) is 0 Å². The molecule has 0 unspecified atom stereocenters. The van der Waals surface area contributed by atoms with Crippen molar-refractivity contribution in [3.8, 4) is 0 Å². The van der Waals surface area contributed by atoms with Gasteiger partial charge in [0.1, 0.15) is 0 Å². The van der Waals surface area contributed by atoms with Gasteiger partial charge in [-0.05, 0) is 0 Å². The molecule has 0 aliphatic carbocycles. The number of hydrogen-bond acceptors (Lipinski definition) is 4. The fraction of sp³-hybridized carbons (Fsp3) is 0. The van der Waals surface area contributed by atoms with Gasteiger partial charge in [0.2, 0.25) is 0 Å². The predicted octanol–water partition coefficient (Wildman–Crippen LogP) is 0.165. The van der Waals surface area contributed by atoms with E-state index in [4.69, 9.17) is 5.11 Å². The Balaban J connectivity index is 3.95. The summed E-state index contributed by atoms with van der Waals surface area (Å²) in [7, 11) is -0.0534. The molecule has 0 aromatic rings. The molecule has 0 amide bonds. The highest BCUT2D eigenvalue weighted by atomic mass is 35.7. The van der Waals surface area contributed by atoms with Gasteiger partial charge in [0.05, 0.1) is 10.7 Å². The minimum Gasteiger partial charge on any atom is -0.449 e. The first-order valence-electron chi connectivity index (χ1n) is 1.29. The van der Waals surface area contributed by atoms with Gasteiger partial charge in [-0.2, -0.15) is 8.42 Å². The lowest BCUT2D eigenvalue weighted by Crippen LogP contribution is -2.03. The summed E-state index contributed by atoms with van der Waals surface area (Å²) in [5.41, 5.74) is 0. The quantitative estimate of drug-likeness (QED) is 0.553. The van der Waals surface area contributed by atoms with Crippen LogP contribution in [0.2, 0.25) is 0 Å². The van der Waals surface area contributed by atoms with Crippen LogP contribution >= 0.6 is 10.7 Å². The molecule has 5 nitrogen and oxygen atoms in total. The Morgan fingerprint density at radius 2 is 2.00 bits per heavy atom. The second-order valence-electron chi connectivity index (χ2n) is 0.742. The van der Waals surface area contributed by atoms with Crippen LogP contribution in [0.25, 0.3) is 0 Å². The third kappa shape index (κ3) is 5.51. The van der Waals surface area contributed by atoms with Crippen LogP contribution in [0.4, 0.5) is 4.79 Å². The minimum absolute atomic E-state index is 1.94. The summed E-state index contributed by atoms with van der Waals surface area (Å²) in [5.74, 6) is 0. The number of rotatable bonds is 1. The Morgan fingerprint density at radius 1 is 1.62 bits per heavy atom. The van der Waals surface area contributed by atoms with Crippen LogP contribution in [-0.2, 0) is 13.5 Å². The Kier molecular flexibility index (Phi) is 2.05. The van der Waals surface area contributed by atoms with E-state index in [1.807, 2.05) is 0 Å². The molecule has 0 spiro atoms. The summed E-state index contributed by atoms with van der Waals surface area (Å²) in [6.07, 6.45) is -1.94. The standard InChI is InChI=1S/CHClO5S/c2-8(5,6)7-1(3)4/h(H,3,4). The maximum Gasteiger partial charge on any atom is 0.522 e. The van der Waals surface area contributed by atoms with Crippen LogP contribution in [0.1, 0.15) is 0 Å². The number of carboxylic acid groups (broad SMARTS) is 1. The van der Waals surface area contributed by atoms with E-state index in [0.717, 1.165) is 0 Å². The molecule has 0 aliphatic rings. The molecule has 1 N–H and O–H groups in total. The van der Waals surface area contributed by atoms with Gasteiger partial charge >= 0.3 is 15.5 Å². The van der Waals surface area contributed by atoms with Crippen molar-refractivity contribution in [3.63, 3.8) is 0 Å². The second-order valence-corrected chi connectivity index (χ2v) is 2.83. The highest BCUT2D eigenvalue weighted by Gasteiger charge is 2.09. The SMILES string of the molecule is O=C(O)OS(=O)(=O)Cl. The molecule has 48 valence electrons. The Bertz CT molecular complexity index is 179. The molecule has 8 heavy (non-hydrogen) atoms. The zero-order valence-corrected chi connectivity index (χ0v) is 4.94. The fourth-order valence-corrected chi connectivity index (χ4v) is 0.417. The van der Waals surface area contributed by atoms with Crippen molar-refractivity contribution in [3.05, 3.63) is 0 Å². The molecule has 0 saturated heterocycles. The Morgan fingerprint density at radius 3 is 2.00 bits per heavy atom. The molecule has 0 bridgehead atoms. The van der Waals surface area contributed by atoms with Crippen molar-refractivity contribution in [2.75, 3.05) is 0 Å². The van der Waals surface area contributed by atoms with E-state index in [-0.39, 0.29) is 0 Å². The first-order chi connectivity index (χ1) is 3.42. The molecule has 0 radical (unpaired) electrons. The summed E-state index contributed by atoms with van der Waals surface area (Å²) in [6.45, 7) is 0. The molecule has 0 rings (SSSR count). The van der Waals surface area contributed by atoms with Crippen molar-refractivity contribution >= 4 is 26.2 Å². The first kappa shape index (κ1) is 7.51. The van der Waals surface area contributed by atoms with Gasteiger partial charge in [-0.15, -0.1) is 0 Å². The van der Waals surface area contributed by atoms with Gasteiger partial charge in [-0.1, -0.05) is 0 Å². The topological polar surface area (TPSA) is 80.7 Å². The Labute approximate surface area is 49.5 Å². The molecule has 0 fully saturated rings. The highest BCUT2D eigenvalue weighted by molar-refractivity contribution is 8.10. The highest BCUT2D eigenvalue weighted by Crippen LogP contribution is 1.97. The monoisotopic (exact) mass is 160 g/mol. The van der Waals surface area contributed by atoms with Crippen LogP contribution in [0, 0.1) is 0 Å². The van der Waals surface area contributed by atoms with Gasteiger partial charge in [0.25, 0.3) is 0 Å². The average molecular weight is 161 g/mol. The molecule has 0 atom stereocenters. The van der Waals surface area contributed by atoms with E-state index in [2.05, 4.69) is 14.9 Å². The van der Waals surface area contributed by atoms with E-state index in [1.165, 1.54) is 0 Å². The molecule has 0 heterocycles. The van der Waals surface area contributed by atoms with Gasteiger partial charge < -0.3 is 9.29 Å². The van der Waals surface area contributed by atoms with E-state index in [9.17, 15) is 13.2 Å². The van der Waals surface area contributed by atoms with Crippen molar-refractivity contribution in [2.24, 2.45) is 0 Å². The average Bonchev–Trinajstić information content (AvgIpc) is 1.21. The molecule has 7 heteroatoms. The summed E-state index contributed by atoms with van der Waals surface area (Å²) >= 11 is 0. The lowest BCUT2D eigenvalue weighted by Gasteiger charge is -1.87. The number of carbonyl (C=O) groups is 1. The van der Waals surface area contributed by atoms with Gasteiger partial charge in [-0.3, -0.25) is 0 Å². The maximum absolute atomic E-state index is 9.60. The number of hydrogen-bond donors (Lipinski definition) is 1. The zero-order valence-electron chi connectivity index (χ0n) is 3.37. The van der Waals surface area contributed by atoms with Crippen LogP contribution < -0.4 is 0 Å². The van der Waals surface area contributed by atoms with Gasteiger partial charge in [0.15, 0.2) is 0 Å². The summed E-state index contributed by atoms with van der Waals surface area (Å²) in [6, 6.07) is 0. The Hall–Kier alpha value is -0.490. The van der Waals surface area contributed by atoms with E-state index >= 15 is 0 Å². The van der Waals surface area contributed by atoms with Crippen molar-refractivity contribution in [1.29, 1.82) is 0 Å². The van der Waals surface area contributed by atoms with Crippen LogP contribution in [0.15, 0.2) is 0 Å². The maximum atomic E-state index is 9.60. The second kappa shape index (κ2) is 2.19. The summed E-state index contributed by atoms with van der Waals surface area (Å²) < 4.78 is 22.3. The smallest absolute Gasteiger partial charge is 0.449 e. The van der Waals surface area contributed by atoms with E-state index in [1.54, 1.807) is 0 Å². The molecular weight excluding hydrogens is 160 g/mol. The molecule has 0 aromatic carbocycles. The normalized spacial score (nSPS) is 10.6. The van der Waals surface area contributed by atoms with Crippen LogP contribution in [0.3, 0.4) is 0 Å². The third-order valence-corrected chi connectivity index (χ3v) is 0.701. The number of halogens is 1. The largest absolute Gasteiger partial charge is 0.522 e. The van der Waals surface area contributed by atoms with Crippen LogP contribution in [0.5, 0.6) is 0 Å². The zero-order chi connectivity index (χ0) is 6.78. The minimum atomic E-state index is -4.35. The van der Waals surface area contributed by atoms with Gasteiger partial charge in [0, 0.05) is 0 Å². The van der Waals surface area contributed by atoms with E-state index < -0.39 is 15.5 Å². The summed E-state index contributed by atoms with van der Waals surface area (Å²) in [4.78, 5) is 9.33. The first-order valence-corrected chi connectivity index (χ1v) is 3.52. The van der Waals surface area contributed by atoms with Crippen molar-refractivity contribution in [1.82, 2.24) is 0 Å². The third-order valence-electron chi connectivity index (χ3n) is 0.171. The van der Waals surface area contributed by atoms with Crippen LogP contribution in [-0.4, -0.2) is 19.7 Å². The molecule has 0 aliphatic heterocycles. The lowest BCUT2D eigenvalue weighted by atomic mass is 11.5. The summed E-state index contributed by atoms with van der Waals surface area (Å²) in [5, 5.41) is 7.56. The molecular formula is CHClO5S. The molecule has 0 aromatic heterocycles. The fourth-order valence-electron chi connectivity index (χ4n) is 0.0852. The van der Waals surface area contributed by atoms with E-state index in [0.29, 0.717) is 0 Å². The van der Waals surface area contributed by atoms with Gasteiger partial charge in [-0.25, -0.2) is 4.79 Å². The lowest BCUT2D eigenvalue weighted by molar-refractivity contribution is 0.148. The molecule has 0 saturated carbocycles. The van der Waals surface area contributed by atoms with Crippen molar-refractivity contribution < 1.29 is 22.5 Å². The predicted molar refractivity (Wildman–Crippen MR) is 23.9 cm³/mol.